The summed E-state index contributed by atoms with van der Waals surface area (Å²) in [6.45, 7) is 6.06. The number of hydrogen-bond donors (Lipinski definition) is 2. The van der Waals surface area contributed by atoms with Gasteiger partial charge in [0.05, 0.1) is 6.54 Å². The molecule has 1 fully saturated rings. The fraction of sp³-hybridized carbons (Fsp3) is 0.833. The summed E-state index contributed by atoms with van der Waals surface area (Å²) in [6, 6.07) is 0.337. The Labute approximate surface area is 184 Å². The van der Waals surface area contributed by atoms with Crippen LogP contribution in [0.25, 0.3) is 0 Å². The van der Waals surface area contributed by atoms with E-state index in [-0.39, 0.29) is 29.5 Å². The molecular formula is C18H34IN7S. The van der Waals surface area contributed by atoms with Gasteiger partial charge >= 0.3 is 0 Å². The monoisotopic (exact) mass is 507 g/mol. The molecule has 7 nitrogen and oxygen atoms in total. The van der Waals surface area contributed by atoms with E-state index in [0.717, 1.165) is 43.5 Å². The van der Waals surface area contributed by atoms with Crippen LogP contribution in [0.3, 0.4) is 0 Å². The van der Waals surface area contributed by atoms with Crippen molar-refractivity contribution in [2.45, 2.75) is 57.2 Å². The molecule has 0 spiro atoms. The first kappa shape index (κ1) is 22.7. The summed E-state index contributed by atoms with van der Waals surface area (Å²) >= 11 is 2.04. The van der Waals surface area contributed by atoms with E-state index >= 15 is 0 Å². The first-order valence-electron chi connectivity index (χ1n) is 9.59. The third kappa shape index (κ3) is 5.29. The highest BCUT2D eigenvalue weighted by Gasteiger charge is 2.36. The smallest absolute Gasteiger partial charge is 0.191 e. The first-order chi connectivity index (χ1) is 12.4. The molecule has 0 aromatic carbocycles. The molecule has 27 heavy (non-hydrogen) atoms. The lowest BCUT2D eigenvalue weighted by molar-refractivity contribution is 0.182. The number of aliphatic imine (C=N–C) groups is 1. The van der Waals surface area contributed by atoms with Crippen LogP contribution in [0, 0.1) is 0 Å². The van der Waals surface area contributed by atoms with Crippen molar-refractivity contribution in [2.75, 3.05) is 39.2 Å². The van der Waals surface area contributed by atoms with Crippen LogP contribution in [0.4, 0.5) is 0 Å². The van der Waals surface area contributed by atoms with Crippen molar-refractivity contribution in [3.8, 4) is 0 Å². The molecule has 0 saturated carbocycles. The highest BCUT2D eigenvalue weighted by molar-refractivity contribution is 14.0. The zero-order valence-electron chi connectivity index (χ0n) is 17.2. The summed E-state index contributed by atoms with van der Waals surface area (Å²) in [5.74, 6) is 5.75. The van der Waals surface area contributed by atoms with Gasteiger partial charge in [0.1, 0.15) is 5.82 Å². The number of likely N-dealkylation sites (N-methyl/N-ethyl adjacent to an activating group) is 1. The summed E-state index contributed by atoms with van der Waals surface area (Å²) < 4.78 is 2.07. The van der Waals surface area contributed by atoms with Crippen LogP contribution in [0.1, 0.15) is 44.3 Å². The number of guanidine groups is 1. The lowest BCUT2D eigenvalue weighted by Gasteiger charge is -2.36. The van der Waals surface area contributed by atoms with E-state index in [9.17, 15) is 0 Å². The van der Waals surface area contributed by atoms with E-state index in [4.69, 9.17) is 0 Å². The summed E-state index contributed by atoms with van der Waals surface area (Å²) in [7, 11) is 6.22. The van der Waals surface area contributed by atoms with Crippen LogP contribution in [-0.4, -0.2) is 76.4 Å². The average molecular weight is 507 g/mol. The van der Waals surface area contributed by atoms with Crippen LogP contribution in [-0.2, 0) is 13.0 Å². The lowest BCUT2D eigenvalue weighted by atomic mass is 9.97. The normalized spacial score (nSPS) is 25.4. The number of halogens is 1. The molecule has 3 heterocycles. The van der Waals surface area contributed by atoms with Gasteiger partial charge in [0.2, 0.25) is 0 Å². The third-order valence-electron chi connectivity index (χ3n) is 5.57. The first-order valence-corrected chi connectivity index (χ1v) is 10.7. The number of aryl methyl sites for hydroxylation is 1. The fourth-order valence-electron chi connectivity index (χ4n) is 3.57. The Kier molecular flexibility index (Phi) is 8.23. The minimum absolute atomic E-state index is 0. The molecule has 2 aliphatic rings. The number of thioether (sulfide) groups is 1. The van der Waals surface area contributed by atoms with E-state index in [1.165, 1.54) is 17.9 Å². The summed E-state index contributed by atoms with van der Waals surface area (Å²) in [5, 5.41) is 11.8. The topological polar surface area (TPSA) is 70.4 Å². The van der Waals surface area contributed by atoms with Crippen molar-refractivity contribution < 1.29 is 0 Å². The maximum atomic E-state index is 4.67. The Morgan fingerprint density at radius 3 is 2.81 bits per heavy atom. The molecular weight excluding hydrogens is 473 g/mol. The zero-order valence-corrected chi connectivity index (χ0v) is 20.3. The molecule has 3 rings (SSSR count). The Bertz CT molecular complexity index is 638. The average Bonchev–Trinajstić information content (AvgIpc) is 3.25. The molecule has 1 aromatic rings. The predicted octanol–water partition coefficient (Wildman–Crippen LogP) is 1.94. The number of fused-ring (bicyclic) bond motifs is 1. The van der Waals surface area contributed by atoms with Gasteiger partial charge in [0.25, 0.3) is 0 Å². The van der Waals surface area contributed by atoms with Crippen molar-refractivity contribution >= 4 is 41.7 Å². The number of aromatic nitrogens is 3. The third-order valence-corrected chi connectivity index (χ3v) is 6.81. The van der Waals surface area contributed by atoms with E-state index in [2.05, 4.69) is 63.2 Å². The van der Waals surface area contributed by atoms with E-state index in [0.29, 0.717) is 12.0 Å². The van der Waals surface area contributed by atoms with Crippen molar-refractivity contribution in [2.24, 2.45) is 4.99 Å². The Balaban J connectivity index is 0.00000261. The standard InChI is InChI=1S/C18H33N7S.HI/c1-13(2)16-22-15-7-6-14(10-25(15)23-16)21-17(19-3)20-11-18(24(4)5)8-9-26-12-18;/h13-14H,6-12H2,1-5H3,(H2,19,20,21);1H. The van der Waals surface area contributed by atoms with Gasteiger partial charge in [0.15, 0.2) is 11.8 Å². The van der Waals surface area contributed by atoms with Crippen molar-refractivity contribution in [3.05, 3.63) is 11.6 Å². The van der Waals surface area contributed by atoms with Gasteiger partial charge in [-0.3, -0.25) is 4.99 Å². The molecule has 2 N–H and O–H groups in total. The molecule has 0 aliphatic carbocycles. The Morgan fingerprint density at radius 2 is 2.22 bits per heavy atom. The summed E-state index contributed by atoms with van der Waals surface area (Å²) in [5.41, 5.74) is 0.222. The zero-order chi connectivity index (χ0) is 18.7. The quantitative estimate of drug-likeness (QED) is 0.361. The van der Waals surface area contributed by atoms with E-state index in [1.54, 1.807) is 0 Å². The second-order valence-electron chi connectivity index (χ2n) is 7.95. The maximum absolute atomic E-state index is 4.67. The largest absolute Gasteiger partial charge is 0.355 e. The van der Waals surface area contributed by atoms with Crippen LogP contribution >= 0.6 is 35.7 Å². The summed E-state index contributed by atoms with van der Waals surface area (Å²) in [6.07, 6.45) is 3.25. The molecule has 1 saturated heterocycles. The van der Waals surface area contributed by atoms with Crippen LogP contribution in [0.15, 0.2) is 4.99 Å². The van der Waals surface area contributed by atoms with E-state index in [1.807, 2.05) is 18.8 Å². The lowest BCUT2D eigenvalue weighted by Crippen LogP contribution is -2.56. The molecule has 2 atom stereocenters. The van der Waals surface area contributed by atoms with Gasteiger partial charge in [-0.1, -0.05) is 13.8 Å². The van der Waals surface area contributed by atoms with Gasteiger partial charge in [0, 0.05) is 43.3 Å². The van der Waals surface area contributed by atoms with Gasteiger partial charge in [-0.05, 0) is 32.7 Å². The number of rotatable bonds is 5. The maximum Gasteiger partial charge on any atom is 0.191 e. The molecule has 1 aromatic heterocycles. The van der Waals surface area contributed by atoms with Gasteiger partial charge in [-0.2, -0.15) is 16.9 Å². The summed E-state index contributed by atoms with van der Waals surface area (Å²) in [4.78, 5) is 11.5. The van der Waals surface area contributed by atoms with Crippen molar-refractivity contribution in [1.29, 1.82) is 0 Å². The number of hydrogen-bond acceptors (Lipinski definition) is 5. The molecule has 9 heteroatoms. The van der Waals surface area contributed by atoms with Gasteiger partial charge < -0.3 is 15.5 Å². The Hall–Kier alpha value is -0.550. The van der Waals surface area contributed by atoms with Gasteiger partial charge in [-0.25, -0.2) is 9.67 Å². The number of nitrogens with zero attached hydrogens (tertiary/aromatic N) is 5. The SMILES string of the molecule is CN=C(NCC1(N(C)C)CCSC1)NC1CCc2nc(C(C)C)nn2C1.I. The molecule has 0 radical (unpaired) electrons. The highest BCUT2D eigenvalue weighted by Crippen LogP contribution is 2.31. The molecule has 2 aliphatic heterocycles. The van der Waals surface area contributed by atoms with Crippen molar-refractivity contribution in [3.63, 3.8) is 0 Å². The minimum Gasteiger partial charge on any atom is -0.355 e. The van der Waals surface area contributed by atoms with Crippen LogP contribution in [0.2, 0.25) is 0 Å². The molecule has 0 bridgehead atoms. The highest BCUT2D eigenvalue weighted by atomic mass is 127. The molecule has 154 valence electrons. The second kappa shape index (κ2) is 9.78. The fourth-order valence-corrected chi connectivity index (χ4v) is 5.13. The molecule has 2 unspecified atom stereocenters. The van der Waals surface area contributed by atoms with Crippen molar-refractivity contribution in [1.82, 2.24) is 30.3 Å². The van der Waals surface area contributed by atoms with Gasteiger partial charge in [-0.15, -0.1) is 24.0 Å². The number of nitrogens with one attached hydrogen (secondary N) is 2. The van der Waals surface area contributed by atoms with Crippen LogP contribution < -0.4 is 10.6 Å². The minimum atomic E-state index is 0. The molecule has 0 amide bonds. The van der Waals surface area contributed by atoms with E-state index < -0.39 is 0 Å². The Morgan fingerprint density at radius 1 is 1.44 bits per heavy atom. The predicted molar refractivity (Wildman–Crippen MR) is 124 cm³/mol. The second-order valence-corrected chi connectivity index (χ2v) is 9.06. The van der Waals surface area contributed by atoms with Crippen LogP contribution in [0.5, 0.6) is 0 Å².